The van der Waals surface area contributed by atoms with E-state index < -0.39 is 30.1 Å². The number of carbonyl (C=O) groups excluding carboxylic acids is 1. The number of amides is 1. The van der Waals surface area contributed by atoms with Gasteiger partial charge < -0.3 is 19.8 Å². The largest absolute Gasteiger partial charge is 0.481 e. The van der Waals surface area contributed by atoms with Crippen LogP contribution in [0.1, 0.15) is 13.3 Å². The van der Waals surface area contributed by atoms with E-state index in [2.05, 4.69) is 0 Å². The SMILES string of the molecule is CC(Oc1ccc(Cl)cc1)C(=O)N1C[C@H](O)C[C@H]1C(=O)O. The summed E-state index contributed by atoms with van der Waals surface area (Å²) in [6.45, 7) is 1.55. The lowest BCUT2D eigenvalue weighted by Crippen LogP contribution is -2.46. The van der Waals surface area contributed by atoms with Gasteiger partial charge in [-0.1, -0.05) is 11.6 Å². The molecule has 1 heterocycles. The van der Waals surface area contributed by atoms with Crippen molar-refractivity contribution in [1.29, 1.82) is 0 Å². The number of hydrogen-bond donors (Lipinski definition) is 2. The second-order valence-corrected chi connectivity index (χ2v) is 5.38. The number of rotatable bonds is 4. The monoisotopic (exact) mass is 313 g/mol. The third-order valence-electron chi connectivity index (χ3n) is 3.32. The lowest BCUT2D eigenvalue weighted by molar-refractivity contribution is -0.150. The van der Waals surface area contributed by atoms with E-state index in [-0.39, 0.29) is 13.0 Å². The summed E-state index contributed by atoms with van der Waals surface area (Å²) in [6, 6.07) is 5.50. The first-order valence-electron chi connectivity index (χ1n) is 6.52. The predicted octanol–water partition coefficient (Wildman–Crippen LogP) is 1.15. The Kier molecular flexibility index (Phi) is 4.69. The first-order valence-corrected chi connectivity index (χ1v) is 6.90. The van der Waals surface area contributed by atoms with Crippen LogP contribution in [0.4, 0.5) is 0 Å². The van der Waals surface area contributed by atoms with E-state index >= 15 is 0 Å². The molecule has 0 spiro atoms. The third kappa shape index (κ3) is 3.65. The Bertz CT molecular complexity index is 533. The highest BCUT2D eigenvalue weighted by Gasteiger charge is 2.40. The van der Waals surface area contributed by atoms with Gasteiger partial charge in [-0.3, -0.25) is 4.79 Å². The zero-order chi connectivity index (χ0) is 15.6. The van der Waals surface area contributed by atoms with Crippen LogP contribution in [0.2, 0.25) is 5.02 Å². The fourth-order valence-electron chi connectivity index (χ4n) is 2.29. The molecule has 1 aromatic rings. The maximum atomic E-state index is 12.3. The fraction of sp³-hybridized carbons (Fsp3) is 0.429. The number of benzene rings is 1. The highest BCUT2D eigenvalue weighted by Crippen LogP contribution is 2.22. The highest BCUT2D eigenvalue weighted by molar-refractivity contribution is 6.30. The summed E-state index contributed by atoms with van der Waals surface area (Å²) in [6.07, 6.45) is -1.63. The van der Waals surface area contributed by atoms with Crippen LogP contribution in [0, 0.1) is 0 Å². The van der Waals surface area contributed by atoms with Crippen molar-refractivity contribution in [3.63, 3.8) is 0 Å². The van der Waals surface area contributed by atoms with Crippen LogP contribution in [-0.2, 0) is 9.59 Å². The second-order valence-electron chi connectivity index (χ2n) is 4.95. The number of carbonyl (C=O) groups is 2. The number of ether oxygens (including phenoxy) is 1. The van der Waals surface area contributed by atoms with Crippen molar-refractivity contribution in [3.8, 4) is 5.75 Å². The molecule has 1 unspecified atom stereocenters. The van der Waals surface area contributed by atoms with Crippen LogP contribution in [0.15, 0.2) is 24.3 Å². The van der Waals surface area contributed by atoms with Crippen LogP contribution in [0.3, 0.4) is 0 Å². The molecule has 7 heteroatoms. The molecule has 3 atom stereocenters. The third-order valence-corrected chi connectivity index (χ3v) is 3.57. The molecule has 114 valence electrons. The molecule has 0 bridgehead atoms. The van der Waals surface area contributed by atoms with Crippen molar-refractivity contribution in [1.82, 2.24) is 4.90 Å². The molecule has 1 amide bonds. The first kappa shape index (κ1) is 15.6. The van der Waals surface area contributed by atoms with Gasteiger partial charge in [0.15, 0.2) is 6.10 Å². The average Bonchev–Trinajstić information content (AvgIpc) is 2.82. The minimum Gasteiger partial charge on any atom is -0.481 e. The zero-order valence-electron chi connectivity index (χ0n) is 11.4. The Morgan fingerprint density at radius 1 is 1.38 bits per heavy atom. The summed E-state index contributed by atoms with van der Waals surface area (Å²) in [7, 11) is 0. The molecule has 21 heavy (non-hydrogen) atoms. The molecular weight excluding hydrogens is 298 g/mol. The van der Waals surface area contributed by atoms with Crippen LogP contribution in [0.5, 0.6) is 5.75 Å². The average molecular weight is 314 g/mol. The Balaban J connectivity index is 2.04. The number of carboxylic acid groups (broad SMARTS) is 1. The number of halogens is 1. The number of aliphatic carboxylic acids is 1. The van der Waals surface area contributed by atoms with E-state index in [1.807, 2.05) is 0 Å². The van der Waals surface area contributed by atoms with E-state index in [0.29, 0.717) is 10.8 Å². The van der Waals surface area contributed by atoms with Crippen molar-refractivity contribution in [2.75, 3.05) is 6.54 Å². The van der Waals surface area contributed by atoms with Crippen LogP contribution in [0.25, 0.3) is 0 Å². The predicted molar refractivity (Wildman–Crippen MR) is 75.3 cm³/mol. The van der Waals surface area contributed by atoms with Gasteiger partial charge in [-0.2, -0.15) is 0 Å². The van der Waals surface area contributed by atoms with Gasteiger partial charge in [-0.15, -0.1) is 0 Å². The van der Waals surface area contributed by atoms with Gasteiger partial charge in [0.05, 0.1) is 6.10 Å². The maximum Gasteiger partial charge on any atom is 0.326 e. The normalized spacial score (nSPS) is 22.9. The minimum atomic E-state index is -1.13. The van der Waals surface area contributed by atoms with E-state index in [1.165, 1.54) is 0 Å². The number of aliphatic hydroxyl groups is 1. The van der Waals surface area contributed by atoms with E-state index in [9.17, 15) is 14.7 Å². The van der Waals surface area contributed by atoms with Crippen molar-refractivity contribution in [3.05, 3.63) is 29.3 Å². The molecule has 0 saturated carbocycles. The van der Waals surface area contributed by atoms with Crippen LogP contribution >= 0.6 is 11.6 Å². The lowest BCUT2D eigenvalue weighted by Gasteiger charge is -2.25. The molecule has 0 radical (unpaired) electrons. The lowest BCUT2D eigenvalue weighted by atomic mass is 10.2. The van der Waals surface area contributed by atoms with Crippen molar-refractivity contribution in [2.45, 2.75) is 31.6 Å². The molecule has 6 nitrogen and oxygen atoms in total. The maximum absolute atomic E-state index is 12.3. The molecule has 2 rings (SSSR count). The zero-order valence-corrected chi connectivity index (χ0v) is 12.2. The Hall–Kier alpha value is -1.79. The van der Waals surface area contributed by atoms with Gasteiger partial charge in [0.25, 0.3) is 5.91 Å². The summed E-state index contributed by atoms with van der Waals surface area (Å²) < 4.78 is 5.48. The summed E-state index contributed by atoms with van der Waals surface area (Å²) >= 11 is 5.76. The van der Waals surface area contributed by atoms with Gasteiger partial charge in [0.2, 0.25) is 0 Å². The Labute approximate surface area is 126 Å². The smallest absolute Gasteiger partial charge is 0.326 e. The topological polar surface area (TPSA) is 87.1 Å². The summed E-state index contributed by atoms with van der Waals surface area (Å²) in [5.41, 5.74) is 0. The number of β-amino-alcohol motifs (C(OH)–C–C–N with tert-alkyl or cyclic N) is 1. The minimum absolute atomic E-state index is 0.00409. The second kappa shape index (κ2) is 6.32. The molecular formula is C14H16ClNO5. The number of carboxylic acids is 1. The van der Waals surface area contributed by atoms with Gasteiger partial charge >= 0.3 is 5.97 Å². The first-order chi connectivity index (χ1) is 9.88. The summed E-state index contributed by atoms with van der Waals surface area (Å²) in [5.74, 6) is -1.13. The Morgan fingerprint density at radius 2 is 2.00 bits per heavy atom. The molecule has 1 saturated heterocycles. The van der Waals surface area contributed by atoms with Gasteiger partial charge in [-0.05, 0) is 31.2 Å². The van der Waals surface area contributed by atoms with Gasteiger partial charge in [0.1, 0.15) is 11.8 Å². The molecule has 0 aromatic heterocycles. The molecule has 2 N–H and O–H groups in total. The van der Waals surface area contributed by atoms with Crippen molar-refractivity contribution < 1.29 is 24.5 Å². The van der Waals surface area contributed by atoms with Crippen molar-refractivity contribution in [2.24, 2.45) is 0 Å². The van der Waals surface area contributed by atoms with Crippen LogP contribution < -0.4 is 4.74 Å². The molecule has 1 aromatic carbocycles. The number of likely N-dealkylation sites (tertiary alicyclic amines) is 1. The number of nitrogens with zero attached hydrogens (tertiary/aromatic N) is 1. The summed E-state index contributed by atoms with van der Waals surface area (Å²) in [5, 5.41) is 19.2. The van der Waals surface area contributed by atoms with Crippen LogP contribution in [-0.4, -0.2) is 51.8 Å². The number of aliphatic hydroxyl groups excluding tert-OH is 1. The van der Waals surface area contributed by atoms with Gasteiger partial charge in [0, 0.05) is 18.0 Å². The summed E-state index contributed by atoms with van der Waals surface area (Å²) in [4.78, 5) is 24.5. The fourth-order valence-corrected chi connectivity index (χ4v) is 2.42. The molecule has 0 aliphatic carbocycles. The highest BCUT2D eigenvalue weighted by atomic mass is 35.5. The van der Waals surface area contributed by atoms with Crippen molar-refractivity contribution >= 4 is 23.5 Å². The van der Waals surface area contributed by atoms with E-state index in [1.54, 1.807) is 31.2 Å². The van der Waals surface area contributed by atoms with Gasteiger partial charge in [-0.25, -0.2) is 4.79 Å². The Morgan fingerprint density at radius 3 is 2.57 bits per heavy atom. The van der Waals surface area contributed by atoms with E-state index in [4.69, 9.17) is 21.4 Å². The molecule has 1 aliphatic heterocycles. The molecule has 1 fully saturated rings. The quantitative estimate of drug-likeness (QED) is 0.871. The molecule has 1 aliphatic rings. The number of hydrogen-bond acceptors (Lipinski definition) is 4. The van der Waals surface area contributed by atoms with E-state index in [0.717, 1.165) is 4.90 Å². The standard InChI is InChI=1S/C14H16ClNO5/c1-8(21-11-4-2-9(15)3-5-11)13(18)16-7-10(17)6-12(16)14(19)20/h2-5,8,10,12,17H,6-7H2,1H3,(H,19,20)/t8?,10-,12+/m1/s1.